The summed E-state index contributed by atoms with van der Waals surface area (Å²) in [6, 6.07) is 0.353. The van der Waals surface area contributed by atoms with E-state index in [1.807, 2.05) is 0 Å². The molecule has 0 spiro atoms. The molecule has 0 saturated carbocycles. The van der Waals surface area contributed by atoms with E-state index in [2.05, 4.69) is 16.9 Å². The van der Waals surface area contributed by atoms with Crippen molar-refractivity contribution in [2.75, 3.05) is 14.2 Å². The highest BCUT2D eigenvalue weighted by molar-refractivity contribution is 5.25. The maximum atomic E-state index is 5.19. The van der Waals surface area contributed by atoms with Crippen LogP contribution in [0.25, 0.3) is 0 Å². The van der Waals surface area contributed by atoms with E-state index in [4.69, 9.17) is 9.47 Å². The summed E-state index contributed by atoms with van der Waals surface area (Å²) in [6.07, 6.45) is 6.30. The van der Waals surface area contributed by atoms with Crippen LogP contribution in [0.2, 0.25) is 0 Å². The van der Waals surface area contributed by atoms with Gasteiger partial charge in [0.05, 0.1) is 14.2 Å². The van der Waals surface area contributed by atoms with Gasteiger partial charge < -0.3 is 9.47 Å². The Morgan fingerprint density at radius 1 is 1.20 bits per heavy atom. The van der Waals surface area contributed by atoms with Gasteiger partial charge in [-0.1, -0.05) is 19.8 Å². The molecule has 0 aliphatic heterocycles. The van der Waals surface area contributed by atoms with Gasteiger partial charge >= 0.3 is 6.01 Å². The van der Waals surface area contributed by atoms with Gasteiger partial charge in [-0.15, -0.1) is 0 Å². The first-order chi connectivity index (χ1) is 7.31. The number of nitrogens with zero attached hydrogens (tertiary/aromatic N) is 2. The van der Waals surface area contributed by atoms with E-state index < -0.39 is 0 Å². The molecule has 0 aliphatic carbocycles. The van der Waals surface area contributed by atoms with Crippen LogP contribution in [0.15, 0.2) is 6.20 Å². The van der Waals surface area contributed by atoms with Gasteiger partial charge in [-0.3, -0.25) is 0 Å². The van der Waals surface area contributed by atoms with Crippen LogP contribution in [0.3, 0.4) is 0 Å². The van der Waals surface area contributed by atoms with Crippen LogP contribution in [0.1, 0.15) is 31.7 Å². The SMILES string of the molecule is CCCCCc1cnc(OC)nc1OC. The fourth-order valence-corrected chi connectivity index (χ4v) is 1.39. The van der Waals surface area contributed by atoms with E-state index >= 15 is 0 Å². The second kappa shape index (κ2) is 6.22. The number of ether oxygens (including phenoxy) is 2. The van der Waals surface area contributed by atoms with Crippen LogP contribution >= 0.6 is 0 Å². The number of methoxy groups -OCH3 is 2. The first-order valence-corrected chi connectivity index (χ1v) is 5.25. The quantitative estimate of drug-likeness (QED) is 0.675. The van der Waals surface area contributed by atoms with Gasteiger partial charge in [0, 0.05) is 11.8 Å². The van der Waals surface area contributed by atoms with Crippen molar-refractivity contribution in [3.63, 3.8) is 0 Å². The molecular formula is C11H18N2O2. The molecule has 0 aromatic carbocycles. The Morgan fingerprint density at radius 3 is 2.60 bits per heavy atom. The number of aryl methyl sites for hydroxylation is 1. The number of unbranched alkanes of at least 4 members (excludes halogenated alkanes) is 2. The zero-order valence-corrected chi connectivity index (χ0v) is 9.62. The normalized spacial score (nSPS) is 10.1. The minimum Gasteiger partial charge on any atom is -0.481 e. The van der Waals surface area contributed by atoms with Crippen molar-refractivity contribution in [2.45, 2.75) is 32.6 Å². The van der Waals surface area contributed by atoms with E-state index in [0.29, 0.717) is 11.9 Å². The van der Waals surface area contributed by atoms with Crippen molar-refractivity contribution in [3.8, 4) is 11.9 Å². The van der Waals surface area contributed by atoms with Gasteiger partial charge in [-0.2, -0.15) is 4.98 Å². The van der Waals surface area contributed by atoms with E-state index in [-0.39, 0.29) is 0 Å². The molecule has 15 heavy (non-hydrogen) atoms. The second-order valence-corrected chi connectivity index (χ2v) is 3.35. The average Bonchev–Trinajstić information content (AvgIpc) is 2.29. The summed E-state index contributed by atoms with van der Waals surface area (Å²) in [5.41, 5.74) is 1.05. The molecule has 0 saturated heterocycles. The highest BCUT2D eigenvalue weighted by atomic mass is 16.5. The van der Waals surface area contributed by atoms with E-state index in [1.165, 1.54) is 12.8 Å². The number of hydrogen-bond acceptors (Lipinski definition) is 4. The van der Waals surface area contributed by atoms with Crippen LogP contribution in [0, 0.1) is 0 Å². The van der Waals surface area contributed by atoms with E-state index in [1.54, 1.807) is 20.4 Å². The lowest BCUT2D eigenvalue weighted by Crippen LogP contribution is -2.00. The van der Waals surface area contributed by atoms with Crippen molar-refractivity contribution in [3.05, 3.63) is 11.8 Å². The molecule has 1 aromatic rings. The zero-order chi connectivity index (χ0) is 11.1. The van der Waals surface area contributed by atoms with Crippen LogP contribution in [0.5, 0.6) is 11.9 Å². The Balaban J connectivity index is 2.69. The molecule has 4 nitrogen and oxygen atoms in total. The Kier molecular flexibility index (Phi) is 4.87. The van der Waals surface area contributed by atoms with Gasteiger partial charge in [0.25, 0.3) is 0 Å². The third-order valence-electron chi connectivity index (χ3n) is 2.23. The average molecular weight is 210 g/mol. The number of hydrogen-bond donors (Lipinski definition) is 0. The minimum absolute atomic E-state index is 0.353. The molecule has 0 atom stereocenters. The Bertz CT molecular complexity index is 303. The first kappa shape index (κ1) is 11.8. The Labute approximate surface area is 90.7 Å². The van der Waals surface area contributed by atoms with Crippen LogP contribution in [-0.4, -0.2) is 24.2 Å². The number of aromatic nitrogens is 2. The van der Waals surface area contributed by atoms with Crippen LogP contribution < -0.4 is 9.47 Å². The van der Waals surface area contributed by atoms with Crippen molar-refractivity contribution >= 4 is 0 Å². The molecule has 0 unspecified atom stereocenters. The topological polar surface area (TPSA) is 44.2 Å². The third kappa shape index (κ3) is 3.38. The fourth-order valence-electron chi connectivity index (χ4n) is 1.39. The summed E-state index contributed by atoms with van der Waals surface area (Å²) >= 11 is 0. The summed E-state index contributed by atoms with van der Waals surface area (Å²) in [5, 5.41) is 0. The van der Waals surface area contributed by atoms with Crippen molar-refractivity contribution in [2.24, 2.45) is 0 Å². The molecule has 1 heterocycles. The molecule has 4 heteroatoms. The smallest absolute Gasteiger partial charge is 0.319 e. The third-order valence-corrected chi connectivity index (χ3v) is 2.23. The highest BCUT2D eigenvalue weighted by Gasteiger charge is 2.07. The van der Waals surface area contributed by atoms with Crippen molar-refractivity contribution < 1.29 is 9.47 Å². The summed E-state index contributed by atoms with van der Waals surface area (Å²) < 4.78 is 10.1. The Hall–Kier alpha value is -1.32. The lowest BCUT2D eigenvalue weighted by Gasteiger charge is -2.07. The molecule has 0 fully saturated rings. The van der Waals surface area contributed by atoms with Gasteiger partial charge in [-0.05, 0) is 12.8 Å². The maximum Gasteiger partial charge on any atom is 0.319 e. The predicted molar refractivity (Wildman–Crippen MR) is 58.4 cm³/mol. The van der Waals surface area contributed by atoms with E-state index in [9.17, 15) is 0 Å². The fraction of sp³-hybridized carbons (Fsp3) is 0.636. The molecule has 0 aliphatic rings. The monoisotopic (exact) mass is 210 g/mol. The maximum absolute atomic E-state index is 5.19. The zero-order valence-electron chi connectivity index (χ0n) is 9.62. The summed E-state index contributed by atoms with van der Waals surface area (Å²) in [4.78, 5) is 8.20. The molecule has 0 radical (unpaired) electrons. The predicted octanol–water partition coefficient (Wildman–Crippen LogP) is 2.23. The minimum atomic E-state index is 0.353. The lowest BCUT2D eigenvalue weighted by molar-refractivity contribution is 0.348. The summed E-state index contributed by atoms with van der Waals surface area (Å²) in [5.74, 6) is 0.623. The molecule has 0 amide bonds. The standard InChI is InChI=1S/C11H18N2O2/c1-4-5-6-7-9-8-12-11(15-3)13-10(9)14-2/h8H,4-7H2,1-3H3. The lowest BCUT2D eigenvalue weighted by atomic mass is 10.1. The highest BCUT2D eigenvalue weighted by Crippen LogP contribution is 2.19. The number of rotatable bonds is 6. The molecule has 0 N–H and O–H groups in total. The molecule has 1 rings (SSSR count). The van der Waals surface area contributed by atoms with Gasteiger partial charge in [0.2, 0.25) is 5.88 Å². The van der Waals surface area contributed by atoms with Gasteiger partial charge in [-0.25, -0.2) is 4.98 Å². The second-order valence-electron chi connectivity index (χ2n) is 3.35. The van der Waals surface area contributed by atoms with Gasteiger partial charge in [0.15, 0.2) is 0 Å². The largest absolute Gasteiger partial charge is 0.481 e. The van der Waals surface area contributed by atoms with Gasteiger partial charge in [0.1, 0.15) is 0 Å². The summed E-state index contributed by atoms with van der Waals surface area (Å²) in [7, 11) is 3.16. The molecule has 1 aromatic heterocycles. The van der Waals surface area contributed by atoms with Crippen LogP contribution in [-0.2, 0) is 6.42 Å². The molecular weight excluding hydrogens is 192 g/mol. The first-order valence-electron chi connectivity index (χ1n) is 5.25. The van der Waals surface area contributed by atoms with Crippen LogP contribution in [0.4, 0.5) is 0 Å². The molecule has 0 bridgehead atoms. The van der Waals surface area contributed by atoms with Crippen molar-refractivity contribution in [1.82, 2.24) is 9.97 Å². The van der Waals surface area contributed by atoms with Crippen molar-refractivity contribution in [1.29, 1.82) is 0 Å². The molecule has 84 valence electrons. The Morgan fingerprint density at radius 2 is 2.00 bits per heavy atom. The summed E-state index contributed by atoms with van der Waals surface area (Å²) in [6.45, 7) is 2.18. The van der Waals surface area contributed by atoms with E-state index in [0.717, 1.165) is 18.4 Å².